The van der Waals surface area contributed by atoms with Gasteiger partial charge in [0.1, 0.15) is 0 Å². The lowest BCUT2D eigenvalue weighted by Gasteiger charge is -2.29. The van der Waals surface area contributed by atoms with E-state index in [0.717, 1.165) is 0 Å². The van der Waals surface area contributed by atoms with Crippen LogP contribution in [0, 0.1) is 13.8 Å². The van der Waals surface area contributed by atoms with Crippen molar-refractivity contribution in [2.24, 2.45) is 0 Å². The fourth-order valence-corrected chi connectivity index (χ4v) is 4.10. The second-order valence-electron chi connectivity index (χ2n) is 6.29. The summed E-state index contributed by atoms with van der Waals surface area (Å²) >= 11 is 0. The van der Waals surface area contributed by atoms with Gasteiger partial charge in [-0.3, -0.25) is 5.32 Å². The topological polar surface area (TPSA) is 148 Å². The zero-order valence-electron chi connectivity index (χ0n) is 15.1. The maximum atomic E-state index is 12.8. The average Bonchev–Trinajstić information content (AvgIpc) is 2.51. The van der Waals surface area contributed by atoms with Gasteiger partial charge in [-0.15, -0.1) is 0 Å². The first-order valence-corrected chi connectivity index (χ1v) is 9.75. The van der Waals surface area contributed by atoms with Gasteiger partial charge in [-0.25, -0.2) is 32.7 Å². The van der Waals surface area contributed by atoms with Crippen molar-refractivity contribution in [3.05, 3.63) is 46.8 Å². The second-order valence-corrected chi connectivity index (χ2v) is 7.94. The molecule has 1 fully saturated rings. The van der Waals surface area contributed by atoms with Gasteiger partial charge < -0.3 is 9.84 Å². The quantitative estimate of drug-likeness (QED) is 0.675. The van der Waals surface area contributed by atoms with E-state index in [2.05, 4.69) is 15.3 Å². The molecule has 0 unspecified atom stereocenters. The lowest BCUT2D eigenvalue weighted by atomic mass is 9.93. The smallest absolute Gasteiger partial charge is 0.336 e. The van der Waals surface area contributed by atoms with Crippen molar-refractivity contribution < 1.29 is 27.9 Å². The van der Waals surface area contributed by atoms with Crippen LogP contribution in [0.5, 0.6) is 0 Å². The van der Waals surface area contributed by atoms with Gasteiger partial charge in [0, 0.05) is 17.3 Å². The van der Waals surface area contributed by atoms with Crippen molar-refractivity contribution >= 4 is 28.0 Å². The van der Waals surface area contributed by atoms with E-state index >= 15 is 0 Å². The summed E-state index contributed by atoms with van der Waals surface area (Å²) in [4.78, 5) is 31.4. The molecule has 1 saturated heterocycles. The maximum Gasteiger partial charge on any atom is 0.336 e. The fraction of sp³-hybridized carbons (Fsp3) is 0.294. The largest absolute Gasteiger partial charge is 0.478 e. The summed E-state index contributed by atoms with van der Waals surface area (Å²) in [5.74, 6) is -1.69. The van der Waals surface area contributed by atoms with E-state index in [0.29, 0.717) is 11.4 Å². The summed E-state index contributed by atoms with van der Waals surface area (Å²) in [7, 11) is -4.34. The Kier molecular flexibility index (Phi) is 5.29. The molecule has 1 aromatic heterocycles. The summed E-state index contributed by atoms with van der Waals surface area (Å²) in [6.07, 6.45) is 0. The van der Waals surface area contributed by atoms with Gasteiger partial charge in [-0.1, -0.05) is 6.07 Å². The van der Waals surface area contributed by atoms with Crippen molar-refractivity contribution in [1.82, 2.24) is 14.7 Å². The van der Waals surface area contributed by atoms with Crippen LogP contribution in [0.3, 0.4) is 0 Å². The number of carbonyl (C=O) groups excluding carboxylic acids is 1. The van der Waals surface area contributed by atoms with Crippen LogP contribution in [0.15, 0.2) is 29.2 Å². The van der Waals surface area contributed by atoms with Crippen molar-refractivity contribution in [2.45, 2.75) is 24.7 Å². The molecule has 3 rings (SSSR count). The van der Waals surface area contributed by atoms with Crippen LogP contribution in [0.4, 0.5) is 10.7 Å². The van der Waals surface area contributed by atoms with Crippen molar-refractivity contribution in [3.63, 3.8) is 0 Å². The number of urea groups is 1. The number of carboxylic acid groups (broad SMARTS) is 1. The first kappa shape index (κ1) is 19.7. The molecule has 0 radical (unpaired) electrons. The fourth-order valence-electron chi connectivity index (χ4n) is 2.87. The molecule has 0 bridgehead atoms. The number of sulfonamides is 1. The molecule has 3 N–H and O–H groups in total. The molecular weight excluding hydrogens is 388 g/mol. The molecule has 1 aliphatic heterocycles. The number of nitrogens with one attached hydrogen (secondary N) is 2. The first-order valence-electron chi connectivity index (χ1n) is 8.27. The van der Waals surface area contributed by atoms with Crippen molar-refractivity contribution in [3.8, 4) is 0 Å². The highest BCUT2D eigenvalue weighted by atomic mass is 32.2. The summed E-state index contributed by atoms with van der Waals surface area (Å²) in [6, 6.07) is 4.53. The van der Waals surface area contributed by atoms with Crippen LogP contribution in [0.25, 0.3) is 0 Å². The minimum atomic E-state index is -4.34. The number of anilines is 1. The van der Waals surface area contributed by atoms with E-state index in [9.17, 15) is 23.1 Å². The normalized spacial score (nSPS) is 14.2. The lowest BCUT2D eigenvalue weighted by Crippen LogP contribution is -2.37. The van der Waals surface area contributed by atoms with E-state index < -0.39 is 22.0 Å². The zero-order chi connectivity index (χ0) is 20.5. The van der Waals surface area contributed by atoms with Crippen LogP contribution in [0.1, 0.15) is 33.2 Å². The Morgan fingerprint density at radius 2 is 1.82 bits per heavy atom. The number of aryl methyl sites for hydroxylation is 2. The molecular formula is C17H18N4O6S. The number of ether oxygens (including phenoxy) is 1. The summed E-state index contributed by atoms with van der Waals surface area (Å²) in [6.45, 7) is 3.82. The molecule has 1 aromatic carbocycles. The monoisotopic (exact) mass is 406 g/mol. The second kappa shape index (κ2) is 7.52. The Morgan fingerprint density at radius 1 is 1.18 bits per heavy atom. The molecule has 0 spiro atoms. The molecule has 1 aliphatic rings. The minimum absolute atomic E-state index is 0.0443. The number of nitrogens with zero attached hydrogens (tertiary/aromatic N) is 2. The van der Waals surface area contributed by atoms with Crippen molar-refractivity contribution in [1.29, 1.82) is 0 Å². The third-order valence-corrected chi connectivity index (χ3v) is 5.46. The van der Waals surface area contributed by atoms with Gasteiger partial charge in [-0.2, -0.15) is 0 Å². The highest BCUT2D eigenvalue weighted by molar-refractivity contribution is 7.90. The molecule has 28 heavy (non-hydrogen) atoms. The zero-order valence-corrected chi connectivity index (χ0v) is 15.9. The van der Waals surface area contributed by atoms with Gasteiger partial charge in [0.25, 0.3) is 10.0 Å². The SMILES string of the molecule is Cc1cc(C)nc(NC(=O)NS(=O)(=O)c2cccc(C(=O)O)c2C2COC2)n1. The molecule has 2 heterocycles. The average molecular weight is 406 g/mol. The molecule has 10 nitrogen and oxygen atoms in total. The Hall–Kier alpha value is -3.05. The number of aromatic nitrogens is 2. The number of aromatic carboxylic acids is 1. The number of benzene rings is 1. The molecule has 2 aromatic rings. The molecule has 11 heteroatoms. The number of carboxylic acids is 1. The van der Waals surface area contributed by atoms with E-state index in [-0.39, 0.29) is 41.1 Å². The number of rotatable bonds is 5. The summed E-state index contributed by atoms with van der Waals surface area (Å²) in [5, 5.41) is 11.7. The Balaban J connectivity index is 1.89. The minimum Gasteiger partial charge on any atom is -0.478 e. The Labute approximate surface area is 161 Å². The van der Waals surface area contributed by atoms with Gasteiger partial charge in [0.05, 0.1) is 23.7 Å². The van der Waals surface area contributed by atoms with Gasteiger partial charge >= 0.3 is 12.0 Å². The lowest BCUT2D eigenvalue weighted by molar-refractivity contribution is 0.00676. The van der Waals surface area contributed by atoms with E-state index in [1.54, 1.807) is 19.9 Å². The molecule has 2 amide bonds. The highest BCUT2D eigenvalue weighted by Gasteiger charge is 2.33. The maximum absolute atomic E-state index is 12.8. The number of carbonyl (C=O) groups is 2. The Morgan fingerprint density at radius 3 is 2.36 bits per heavy atom. The van der Waals surface area contributed by atoms with Gasteiger partial charge in [0.15, 0.2) is 0 Å². The molecule has 0 atom stereocenters. The van der Waals surface area contributed by atoms with Crippen LogP contribution in [-0.4, -0.2) is 48.7 Å². The highest BCUT2D eigenvalue weighted by Crippen LogP contribution is 2.32. The molecule has 148 valence electrons. The Bertz CT molecular complexity index is 1030. The third kappa shape index (κ3) is 4.10. The van der Waals surface area contributed by atoms with E-state index in [1.807, 2.05) is 4.72 Å². The summed E-state index contributed by atoms with van der Waals surface area (Å²) < 4.78 is 32.5. The van der Waals surface area contributed by atoms with Crippen LogP contribution < -0.4 is 10.0 Å². The number of amides is 2. The van der Waals surface area contributed by atoms with Crippen LogP contribution in [0.2, 0.25) is 0 Å². The van der Waals surface area contributed by atoms with Gasteiger partial charge in [0.2, 0.25) is 5.95 Å². The van der Waals surface area contributed by atoms with Crippen LogP contribution in [-0.2, 0) is 14.8 Å². The third-order valence-electron chi connectivity index (χ3n) is 4.07. The van der Waals surface area contributed by atoms with Crippen molar-refractivity contribution in [2.75, 3.05) is 18.5 Å². The van der Waals surface area contributed by atoms with Gasteiger partial charge in [-0.05, 0) is 37.6 Å². The standard InChI is InChI=1S/C17H18N4O6S/c1-9-6-10(2)19-16(18-9)20-17(24)21-28(25,26)13-5-3-4-12(15(22)23)14(13)11-7-27-8-11/h3-6,11H,7-8H2,1-2H3,(H,22,23)(H2,18,19,20,21,24). The molecule has 0 aliphatic carbocycles. The first-order chi connectivity index (χ1) is 13.2. The number of hydrogen-bond acceptors (Lipinski definition) is 7. The van der Waals surface area contributed by atoms with E-state index in [4.69, 9.17) is 4.74 Å². The van der Waals surface area contributed by atoms with E-state index in [1.165, 1.54) is 18.2 Å². The number of hydrogen-bond donors (Lipinski definition) is 3. The predicted molar refractivity (Wildman–Crippen MR) is 97.8 cm³/mol. The summed E-state index contributed by atoms with van der Waals surface area (Å²) in [5.41, 5.74) is 1.18. The predicted octanol–water partition coefficient (Wildman–Crippen LogP) is 1.42. The van der Waals surface area contributed by atoms with Crippen LogP contribution >= 0.6 is 0 Å². The molecule has 0 saturated carbocycles.